The Morgan fingerprint density at radius 1 is 1.17 bits per heavy atom. The Bertz CT molecular complexity index is 1170. The Hall–Kier alpha value is -2.77. The SMILES string of the molecule is CCn1c(=O)c(=O)[nH]c2cc(C(=O)NCCCOc3ccc(Cl)cc3Cl)ccc21. The Kier molecular flexibility index (Phi) is 6.61. The molecule has 0 fully saturated rings. The Morgan fingerprint density at radius 2 is 1.97 bits per heavy atom. The fraction of sp³-hybridized carbons (Fsp3) is 0.250. The molecule has 0 atom stereocenters. The molecule has 3 aromatic rings. The molecule has 0 spiro atoms. The maximum atomic E-state index is 12.4. The van der Waals surface area contributed by atoms with Crippen molar-refractivity contribution in [3.63, 3.8) is 0 Å². The van der Waals surface area contributed by atoms with Crippen LogP contribution in [0.25, 0.3) is 11.0 Å². The highest BCUT2D eigenvalue weighted by Gasteiger charge is 2.10. The van der Waals surface area contributed by atoms with Crippen LogP contribution in [0, 0.1) is 0 Å². The predicted octanol–water partition coefficient (Wildman–Crippen LogP) is 3.22. The second kappa shape index (κ2) is 9.15. The highest BCUT2D eigenvalue weighted by Crippen LogP contribution is 2.27. The first-order valence-electron chi connectivity index (χ1n) is 9.03. The van der Waals surface area contributed by atoms with Crippen molar-refractivity contribution in [3.8, 4) is 5.75 Å². The molecule has 0 bridgehead atoms. The standard InChI is InChI=1S/C20H19Cl2N3O4/c1-2-25-16-6-4-12(10-15(16)24-19(27)20(25)28)18(26)23-8-3-9-29-17-7-5-13(21)11-14(17)22/h4-7,10-11H,2-3,8-9H2,1H3,(H,23,26)(H,24,27). The number of aromatic nitrogens is 2. The molecule has 0 unspecified atom stereocenters. The third-order valence-electron chi connectivity index (χ3n) is 4.31. The molecule has 2 N–H and O–H groups in total. The molecule has 29 heavy (non-hydrogen) atoms. The molecule has 3 rings (SSSR count). The molecular weight excluding hydrogens is 417 g/mol. The van der Waals surface area contributed by atoms with E-state index in [9.17, 15) is 14.4 Å². The van der Waals surface area contributed by atoms with Crippen molar-refractivity contribution in [2.24, 2.45) is 0 Å². The van der Waals surface area contributed by atoms with Gasteiger partial charge in [-0.15, -0.1) is 0 Å². The van der Waals surface area contributed by atoms with Crippen LogP contribution in [0.5, 0.6) is 5.75 Å². The van der Waals surface area contributed by atoms with Gasteiger partial charge in [-0.05, 0) is 49.7 Å². The summed E-state index contributed by atoms with van der Waals surface area (Å²) in [5, 5.41) is 3.75. The summed E-state index contributed by atoms with van der Waals surface area (Å²) in [6, 6.07) is 9.80. The van der Waals surface area contributed by atoms with E-state index in [1.807, 2.05) is 0 Å². The number of aromatic amines is 1. The molecular formula is C20H19Cl2N3O4. The monoisotopic (exact) mass is 435 g/mol. The summed E-state index contributed by atoms with van der Waals surface area (Å²) in [4.78, 5) is 38.6. The molecule has 1 amide bonds. The zero-order valence-corrected chi connectivity index (χ0v) is 17.1. The summed E-state index contributed by atoms with van der Waals surface area (Å²) < 4.78 is 6.94. The molecule has 0 aliphatic carbocycles. The summed E-state index contributed by atoms with van der Waals surface area (Å²) in [7, 11) is 0. The molecule has 0 saturated heterocycles. The smallest absolute Gasteiger partial charge is 0.316 e. The number of ether oxygens (including phenoxy) is 1. The minimum Gasteiger partial charge on any atom is -0.492 e. The van der Waals surface area contributed by atoms with E-state index >= 15 is 0 Å². The van der Waals surface area contributed by atoms with Crippen molar-refractivity contribution < 1.29 is 9.53 Å². The number of halogens is 2. The summed E-state index contributed by atoms with van der Waals surface area (Å²) in [5.41, 5.74) is 0.0655. The first-order chi connectivity index (χ1) is 13.9. The van der Waals surface area contributed by atoms with E-state index in [0.717, 1.165) is 0 Å². The van der Waals surface area contributed by atoms with E-state index in [1.54, 1.807) is 43.3 Å². The minimum atomic E-state index is -0.713. The fourth-order valence-corrected chi connectivity index (χ4v) is 3.35. The van der Waals surface area contributed by atoms with Gasteiger partial charge in [0.05, 0.1) is 22.7 Å². The maximum Gasteiger partial charge on any atom is 0.316 e. The topological polar surface area (TPSA) is 93.2 Å². The zero-order valence-electron chi connectivity index (χ0n) is 15.6. The van der Waals surface area contributed by atoms with Crippen molar-refractivity contribution in [1.82, 2.24) is 14.9 Å². The molecule has 0 aliphatic rings. The largest absolute Gasteiger partial charge is 0.492 e. The van der Waals surface area contributed by atoms with Gasteiger partial charge in [0, 0.05) is 23.7 Å². The normalized spacial score (nSPS) is 10.9. The molecule has 0 aliphatic heterocycles. The number of rotatable bonds is 7. The van der Waals surface area contributed by atoms with Gasteiger partial charge in [-0.25, -0.2) is 0 Å². The number of carbonyl (C=O) groups is 1. The van der Waals surface area contributed by atoms with Crippen LogP contribution in [0.3, 0.4) is 0 Å². The van der Waals surface area contributed by atoms with Gasteiger partial charge in [0.1, 0.15) is 5.75 Å². The zero-order chi connectivity index (χ0) is 21.0. The van der Waals surface area contributed by atoms with Crippen LogP contribution in [0.15, 0.2) is 46.0 Å². The number of benzene rings is 2. The number of H-pyrrole nitrogens is 1. The molecule has 1 aromatic heterocycles. The van der Waals surface area contributed by atoms with E-state index in [2.05, 4.69) is 10.3 Å². The number of aryl methyl sites for hydroxylation is 1. The number of nitrogens with zero attached hydrogens (tertiary/aromatic N) is 1. The van der Waals surface area contributed by atoms with E-state index < -0.39 is 11.1 Å². The molecule has 2 aromatic carbocycles. The van der Waals surface area contributed by atoms with Crippen LogP contribution >= 0.6 is 23.2 Å². The Labute approximate surface area is 176 Å². The van der Waals surface area contributed by atoms with Crippen LogP contribution in [0.1, 0.15) is 23.7 Å². The number of amides is 1. The lowest BCUT2D eigenvalue weighted by Gasteiger charge is -2.10. The summed E-state index contributed by atoms with van der Waals surface area (Å²) in [6.45, 7) is 2.91. The quantitative estimate of drug-likeness (QED) is 0.440. The summed E-state index contributed by atoms with van der Waals surface area (Å²) in [6.07, 6.45) is 0.574. The molecule has 7 nitrogen and oxygen atoms in total. The second-order valence-electron chi connectivity index (χ2n) is 6.27. The molecule has 1 heterocycles. The molecule has 152 valence electrons. The van der Waals surface area contributed by atoms with Crippen LogP contribution < -0.4 is 21.2 Å². The van der Waals surface area contributed by atoms with Gasteiger partial charge >= 0.3 is 11.1 Å². The average molecular weight is 436 g/mol. The van der Waals surface area contributed by atoms with Gasteiger partial charge in [0.15, 0.2) is 0 Å². The average Bonchev–Trinajstić information content (AvgIpc) is 2.69. The predicted molar refractivity (Wildman–Crippen MR) is 113 cm³/mol. The van der Waals surface area contributed by atoms with Crippen LogP contribution in [0.2, 0.25) is 10.0 Å². The van der Waals surface area contributed by atoms with E-state index in [-0.39, 0.29) is 5.91 Å². The first-order valence-corrected chi connectivity index (χ1v) is 9.79. The summed E-state index contributed by atoms with van der Waals surface area (Å²) >= 11 is 11.9. The third kappa shape index (κ3) is 4.81. The van der Waals surface area contributed by atoms with Gasteiger partial charge in [0.2, 0.25) is 0 Å². The first kappa shape index (κ1) is 21.0. The van der Waals surface area contributed by atoms with Gasteiger partial charge in [0.25, 0.3) is 5.91 Å². The Balaban J connectivity index is 1.59. The van der Waals surface area contributed by atoms with Crippen molar-refractivity contribution in [2.45, 2.75) is 19.9 Å². The Morgan fingerprint density at radius 3 is 2.69 bits per heavy atom. The summed E-state index contributed by atoms with van der Waals surface area (Å²) in [5.74, 6) is 0.245. The number of hydrogen-bond acceptors (Lipinski definition) is 4. The van der Waals surface area contributed by atoms with Crippen molar-refractivity contribution in [3.05, 3.63) is 72.7 Å². The number of fused-ring (bicyclic) bond motifs is 1. The second-order valence-corrected chi connectivity index (χ2v) is 7.11. The van der Waals surface area contributed by atoms with Gasteiger partial charge in [-0.3, -0.25) is 14.4 Å². The van der Waals surface area contributed by atoms with Crippen LogP contribution in [-0.4, -0.2) is 28.6 Å². The van der Waals surface area contributed by atoms with E-state index in [0.29, 0.717) is 58.5 Å². The van der Waals surface area contributed by atoms with Crippen LogP contribution in [-0.2, 0) is 6.54 Å². The van der Waals surface area contributed by atoms with E-state index in [1.165, 1.54) is 4.57 Å². The van der Waals surface area contributed by atoms with Crippen LogP contribution in [0.4, 0.5) is 0 Å². The maximum absolute atomic E-state index is 12.4. The van der Waals surface area contributed by atoms with Crippen molar-refractivity contribution in [2.75, 3.05) is 13.2 Å². The third-order valence-corrected chi connectivity index (χ3v) is 4.84. The number of hydrogen-bond donors (Lipinski definition) is 2. The fourth-order valence-electron chi connectivity index (χ4n) is 2.89. The lowest BCUT2D eigenvalue weighted by atomic mass is 10.1. The lowest BCUT2D eigenvalue weighted by molar-refractivity contribution is 0.0951. The highest BCUT2D eigenvalue weighted by molar-refractivity contribution is 6.35. The lowest BCUT2D eigenvalue weighted by Crippen LogP contribution is -2.36. The van der Waals surface area contributed by atoms with Gasteiger partial charge in [-0.1, -0.05) is 23.2 Å². The van der Waals surface area contributed by atoms with Crippen molar-refractivity contribution >= 4 is 40.1 Å². The van der Waals surface area contributed by atoms with E-state index in [4.69, 9.17) is 27.9 Å². The van der Waals surface area contributed by atoms with Gasteiger partial charge in [-0.2, -0.15) is 0 Å². The molecule has 0 saturated carbocycles. The molecule has 0 radical (unpaired) electrons. The van der Waals surface area contributed by atoms with Crippen molar-refractivity contribution in [1.29, 1.82) is 0 Å². The number of nitrogens with one attached hydrogen (secondary N) is 2. The highest BCUT2D eigenvalue weighted by atomic mass is 35.5. The minimum absolute atomic E-state index is 0.286. The van der Waals surface area contributed by atoms with Gasteiger partial charge < -0.3 is 19.6 Å². The number of carbonyl (C=O) groups excluding carboxylic acids is 1. The molecule has 9 heteroatoms.